The number of hydrogen-bond acceptors (Lipinski definition) is 2. The molecule has 2 heterocycles. The van der Waals surface area contributed by atoms with E-state index in [4.69, 9.17) is 11.6 Å². The van der Waals surface area contributed by atoms with Gasteiger partial charge in [0.1, 0.15) is 5.82 Å². The minimum absolute atomic E-state index is 0.0266. The van der Waals surface area contributed by atoms with Crippen LogP contribution in [-0.4, -0.2) is 9.55 Å². The Morgan fingerprint density at radius 3 is 3.07 bits per heavy atom. The lowest BCUT2D eigenvalue weighted by Crippen LogP contribution is -2.20. The van der Waals surface area contributed by atoms with E-state index in [9.17, 15) is 4.79 Å². The molecule has 0 saturated heterocycles. The second-order valence-electron chi connectivity index (χ2n) is 3.70. The molecule has 0 aliphatic carbocycles. The predicted molar refractivity (Wildman–Crippen MR) is 59.2 cm³/mol. The van der Waals surface area contributed by atoms with Gasteiger partial charge in [0.15, 0.2) is 0 Å². The summed E-state index contributed by atoms with van der Waals surface area (Å²) in [5.41, 5.74) is 0.764. The number of aromatic nitrogens is 2. The first-order chi connectivity index (χ1) is 7.27. The fourth-order valence-corrected chi connectivity index (χ4v) is 2.28. The van der Waals surface area contributed by atoms with Gasteiger partial charge < -0.3 is 0 Å². The molecule has 0 unspecified atom stereocenters. The van der Waals surface area contributed by atoms with E-state index in [1.165, 1.54) is 0 Å². The molecule has 0 fully saturated rings. The molecule has 1 aliphatic heterocycles. The van der Waals surface area contributed by atoms with Crippen molar-refractivity contribution >= 4 is 22.5 Å². The number of halogens is 1. The summed E-state index contributed by atoms with van der Waals surface area (Å²) >= 11 is 6.09. The average Bonchev–Trinajstić information content (AvgIpc) is 2.62. The molecular formula is C11H9ClN2O. The molecule has 0 saturated carbocycles. The van der Waals surface area contributed by atoms with Crippen molar-refractivity contribution in [1.29, 1.82) is 0 Å². The standard InChI is InChI=1S/C11H9ClN2O/c12-8-5-6-14-10(8)13-9-4-2-1-3-7(9)11(14)15/h1-4,8H,5-6H2/t8-/m1/s1. The lowest BCUT2D eigenvalue weighted by molar-refractivity contribution is 0.717. The van der Waals surface area contributed by atoms with E-state index >= 15 is 0 Å². The van der Waals surface area contributed by atoms with Gasteiger partial charge in [-0.05, 0) is 18.6 Å². The molecule has 0 bridgehead atoms. The van der Waals surface area contributed by atoms with Crippen molar-refractivity contribution in [3.63, 3.8) is 0 Å². The number of nitrogens with zero attached hydrogens (tertiary/aromatic N) is 2. The fourth-order valence-electron chi connectivity index (χ4n) is 2.01. The van der Waals surface area contributed by atoms with Crippen molar-refractivity contribution in [2.75, 3.05) is 0 Å². The van der Waals surface area contributed by atoms with Gasteiger partial charge in [0.25, 0.3) is 5.56 Å². The van der Waals surface area contributed by atoms with Crippen LogP contribution in [0, 0.1) is 0 Å². The molecule has 2 aromatic rings. The molecular weight excluding hydrogens is 212 g/mol. The predicted octanol–water partition coefficient (Wildman–Crippen LogP) is 2.08. The minimum atomic E-state index is -0.123. The molecule has 1 aromatic heterocycles. The molecule has 0 spiro atoms. The Bertz CT molecular complexity index is 591. The summed E-state index contributed by atoms with van der Waals surface area (Å²) in [6.07, 6.45) is 0.792. The van der Waals surface area contributed by atoms with Crippen LogP contribution in [0.15, 0.2) is 29.1 Å². The number of fused-ring (bicyclic) bond motifs is 2. The molecule has 1 aromatic carbocycles. The van der Waals surface area contributed by atoms with Crippen LogP contribution in [0.2, 0.25) is 0 Å². The molecule has 4 heteroatoms. The minimum Gasteiger partial charge on any atom is -0.295 e. The summed E-state index contributed by atoms with van der Waals surface area (Å²) in [4.78, 5) is 16.5. The lowest BCUT2D eigenvalue weighted by atomic mass is 10.2. The summed E-state index contributed by atoms with van der Waals surface area (Å²) < 4.78 is 1.68. The van der Waals surface area contributed by atoms with E-state index in [0.29, 0.717) is 17.8 Å². The number of alkyl halides is 1. The second kappa shape index (κ2) is 3.07. The van der Waals surface area contributed by atoms with Gasteiger partial charge in [-0.1, -0.05) is 12.1 Å². The average molecular weight is 221 g/mol. The Kier molecular flexibility index (Phi) is 1.83. The Labute approximate surface area is 91.3 Å². The van der Waals surface area contributed by atoms with Gasteiger partial charge in [-0.25, -0.2) is 4.98 Å². The van der Waals surface area contributed by atoms with Crippen molar-refractivity contribution in [3.05, 3.63) is 40.4 Å². The molecule has 1 atom stereocenters. The van der Waals surface area contributed by atoms with Crippen molar-refractivity contribution < 1.29 is 0 Å². The summed E-state index contributed by atoms with van der Waals surface area (Å²) in [6, 6.07) is 7.38. The number of hydrogen-bond donors (Lipinski definition) is 0. The Morgan fingerprint density at radius 2 is 2.20 bits per heavy atom. The van der Waals surface area contributed by atoms with Gasteiger partial charge in [0.2, 0.25) is 0 Å². The van der Waals surface area contributed by atoms with Crippen LogP contribution in [-0.2, 0) is 6.54 Å². The highest BCUT2D eigenvalue weighted by Crippen LogP contribution is 2.29. The van der Waals surface area contributed by atoms with E-state index in [1.54, 1.807) is 10.6 Å². The van der Waals surface area contributed by atoms with Crippen molar-refractivity contribution in [3.8, 4) is 0 Å². The zero-order valence-corrected chi connectivity index (χ0v) is 8.74. The maximum absolute atomic E-state index is 12.0. The Hall–Kier alpha value is -1.35. The van der Waals surface area contributed by atoms with Crippen LogP contribution < -0.4 is 5.56 Å². The van der Waals surface area contributed by atoms with Crippen LogP contribution >= 0.6 is 11.6 Å². The third-order valence-corrected chi connectivity index (χ3v) is 3.19. The van der Waals surface area contributed by atoms with Gasteiger partial charge in [-0.2, -0.15) is 0 Å². The van der Waals surface area contributed by atoms with E-state index in [-0.39, 0.29) is 10.9 Å². The van der Waals surface area contributed by atoms with E-state index in [2.05, 4.69) is 4.98 Å². The highest BCUT2D eigenvalue weighted by Gasteiger charge is 2.23. The fraction of sp³-hybridized carbons (Fsp3) is 0.273. The molecule has 76 valence electrons. The zero-order chi connectivity index (χ0) is 10.4. The molecule has 3 rings (SSSR count). The van der Waals surface area contributed by atoms with Crippen molar-refractivity contribution in [2.45, 2.75) is 18.3 Å². The van der Waals surface area contributed by atoms with Crippen LogP contribution in [0.3, 0.4) is 0 Å². The van der Waals surface area contributed by atoms with Gasteiger partial charge in [0.05, 0.1) is 16.3 Å². The SMILES string of the molecule is O=c1c2ccccc2nc2n1CC[C@H]2Cl. The largest absolute Gasteiger partial charge is 0.295 e. The first kappa shape index (κ1) is 8.92. The number of para-hydroxylation sites is 1. The van der Waals surface area contributed by atoms with Crippen LogP contribution in [0.5, 0.6) is 0 Å². The van der Waals surface area contributed by atoms with E-state index < -0.39 is 0 Å². The molecule has 1 aliphatic rings. The highest BCUT2D eigenvalue weighted by molar-refractivity contribution is 6.20. The number of benzene rings is 1. The topological polar surface area (TPSA) is 34.9 Å². The molecule has 0 N–H and O–H groups in total. The first-order valence-electron chi connectivity index (χ1n) is 4.91. The smallest absolute Gasteiger partial charge is 0.261 e. The summed E-state index contributed by atoms with van der Waals surface area (Å²) in [5, 5.41) is 0.550. The van der Waals surface area contributed by atoms with Gasteiger partial charge >= 0.3 is 0 Å². The van der Waals surface area contributed by atoms with Gasteiger partial charge in [0, 0.05) is 6.54 Å². The van der Waals surface area contributed by atoms with Crippen molar-refractivity contribution in [1.82, 2.24) is 9.55 Å². The molecule has 3 nitrogen and oxygen atoms in total. The Balaban J connectivity index is 2.46. The van der Waals surface area contributed by atoms with Gasteiger partial charge in [-0.3, -0.25) is 9.36 Å². The maximum atomic E-state index is 12.0. The van der Waals surface area contributed by atoms with E-state index in [0.717, 1.165) is 11.9 Å². The zero-order valence-electron chi connectivity index (χ0n) is 7.98. The van der Waals surface area contributed by atoms with E-state index in [1.807, 2.05) is 18.2 Å². The summed E-state index contributed by atoms with van der Waals surface area (Å²) in [7, 11) is 0. The third-order valence-electron chi connectivity index (χ3n) is 2.78. The maximum Gasteiger partial charge on any atom is 0.261 e. The lowest BCUT2D eigenvalue weighted by Gasteiger charge is -2.05. The van der Waals surface area contributed by atoms with Crippen molar-refractivity contribution in [2.24, 2.45) is 0 Å². The van der Waals surface area contributed by atoms with Crippen LogP contribution in [0.1, 0.15) is 17.6 Å². The number of rotatable bonds is 0. The van der Waals surface area contributed by atoms with Crippen LogP contribution in [0.25, 0.3) is 10.9 Å². The molecule has 0 radical (unpaired) electrons. The van der Waals surface area contributed by atoms with Gasteiger partial charge in [-0.15, -0.1) is 11.6 Å². The molecule has 15 heavy (non-hydrogen) atoms. The normalized spacial score (nSPS) is 19.4. The highest BCUT2D eigenvalue weighted by atomic mass is 35.5. The third kappa shape index (κ3) is 1.20. The first-order valence-corrected chi connectivity index (χ1v) is 5.34. The molecule has 0 amide bonds. The second-order valence-corrected chi connectivity index (χ2v) is 4.23. The summed E-state index contributed by atoms with van der Waals surface area (Å²) in [6.45, 7) is 0.681. The monoisotopic (exact) mass is 220 g/mol. The summed E-state index contributed by atoms with van der Waals surface area (Å²) in [5.74, 6) is 0.709. The Morgan fingerprint density at radius 1 is 1.40 bits per heavy atom. The van der Waals surface area contributed by atoms with Crippen LogP contribution in [0.4, 0.5) is 0 Å². The quantitative estimate of drug-likeness (QED) is 0.638.